The van der Waals surface area contributed by atoms with E-state index in [-0.39, 0.29) is 5.78 Å². The lowest BCUT2D eigenvalue weighted by Crippen LogP contribution is -2.03. The summed E-state index contributed by atoms with van der Waals surface area (Å²) in [5.74, 6) is 0.117. The van der Waals surface area contributed by atoms with Crippen molar-refractivity contribution in [1.29, 1.82) is 0 Å². The fourth-order valence-electron chi connectivity index (χ4n) is 1.23. The molecule has 0 saturated carbocycles. The van der Waals surface area contributed by atoms with E-state index in [1.54, 1.807) is 13.0 Å². The molecule has 0 aromatic carbocycles. The first-order chi connectivity index (χ1) is 7.52. The summed E-state index contributed by atoms with van der Waals surface area (Å²) in [6, 6.07) is 0. The maximum Gasteiger partial charge on any atom is 0.152 e. The van der Waals surface area contributed by atoms with Crippen LogP contribution < -0.4 is 0 Å². The molecule has 2 nitrogen and oxygen atoms in total. The Hall–Kier alpha value is -0.890. The van der Waals surface area contributed by atoms with E-state index in [4.69, 9.17) is 4.74 Å². The van der Waals surface area contributed by atoms with Crippen LogP contribution in [0.4, 0.5) is 0 Å². The number of ether oxygens (including phenoxy) is 1. The first-order valence-corrected chi connectivity index (χ1v) is 5.96. The summed E-state index contributed by atoms with van der Waals surface area (Å²) in [6.45, 7) is 8.58. The third kappa shape index (κ3) is 11.2. The fraction of sp³-hybridized carbons (Fsp3) is 0.643. The highest BCUT2D eigenvalue weighted by Gasteiger charge is 1.94. The second kappa shape index (κ2) is 9.34. The Labute approximate surface area is 99.4 Å². The third-order valence-corrected chi connectivity index (χ3v) is 2.13. The lowest BCUT2D eigenvalue weighted by atomic mass is 10.1. The van der Waals surface area contributed by atoms with Gasteiger partial charge in [0, 0.05) is 0 Å². The fourth-order valence-corrected chi connectivity index (χ4v) is 1.23. The van der Waals surface area contributed by atoms with E-state index in [2.05, 4.69) is 13.0 Å². The molecule has 0 aliphatic rings. The van der Waals surface area contributed by atoms with Crippen LogP contribution in [0.1, 0.15) is 47.0 Å². The molecule has 0 radical (unpaired) electrons. The molecule has 92 valence electrons. The highest BCUT2D eigenvalue weighted by molar-refractivity contribution is 5.87. The van der Waals surface area contributed by atoms with Crippen molar-refractivity contribution in [2.75, 3.05) is 6.61 Å². The Morgan fingerprint density at radius 3 is 2.50 bits per heavy atom. The van der Waals surface area contributed by atoms with E-state index in [0.717, 1.165) is 25.9 Å². The van der Waals surface area contributed by atoms with Gasteiger partial charge in [-0.3, -0.25) is 4.79 Å². The maximum absolute atomic E-state index is 10.6. The molecule has 0 saturated heterocycles. The average molecular weight is 224 g/mol. The minimum atomic E-state index is 0.117. The molecule has 0 aliphatic carbocycles. The van der Waals surface area contributed by atoms with Crippen molar-refractivity contribution < 1.29 is 9.53 Å². The van der Waals surface area contributed by atoms with Crippen LogP contribution in [0.5, 0.6) is 0 Å². The Morgan fingerprint density at radius 2 is 1.94 bits per heavy atom. The molecular formula is C14H24O2. The summed E-state index contributed by atoms with van der Waals surface area (Å²) in [7, 11) is 0. The molecule has 0 aliphatic heterocycles. The van der Waals surface area contributed by atoms with E-state index in [1.165, 1.54) is 5.57 Å². The first-order valence-electron chi connectivity index (χ1n) is 5.96. The number of hydrogen-bond donors (Lipinski definition) is 0. The zero-order valence-corrected chi connectivity index (χ0v) is 11.0. The minimum absolute atomic E-state index is 0.117. The Kier molecular flexibility index (Phi) is 8.82. The SMILES string of the molecule is CC(=O)/C=C/CC/C=C(\C)CCOC(C)C. The first kappa shape index (κ1) is 15.1. The zero-order valence-electron chi connectivity index (χ0n) is 11.0. The van der Waals surface area contributed by atoms with Crippen molar-refractivity contribution in [2.24, 2.45) is 0 Å². The average Bonchev–Trinajstić information content (AvgIpc) is 2.16. The molecular weight excluding hydrogens is 200 g/mol. The van der Waals surface area contributed by atoms with Gasteiger partial charge in [-0.1, -0.05) is 17.7 Å². The van der Waals surface area contributed by atoms with Crippen LogP contribution in [0.25, 0.3) is 0 Å². The van der Waals surface area contributed by atoms with E-state index < -0.39 is 0 Å². The van der Waals surface area contributed by atoms with Gasteiger partial charge in [0.2, 0.25) is 0 Å². The molecule has 0 N–H and O–H groups in total. The second-order valence-electron chi connectivity index (χ2n) is 4.31. The van der Waals surface area contributed by atoms with E-state index in [0.29, 0.717) is 6.10 Å². The number of carbonyl (C=O) groups excluding carboxylic acids is 1. The number of unbranched alkanes of at least 4 members (excludes halogenated alkanes) is 1. The summed E-state index contributed by atoms with van der Waals surface area (Å²) in [4.78, 5) is 10.6. The van der Waals surface area contributed by atoms with Gasteiger partial charge in [-0.15, -0.1) is 0 Å². The topological polar surface area (TPSA) is 26.3 Å². The van der Waals surface area contributed by atoms with Gasteiger partial charge in [0.25, 0.3) is 0 Å². The van der Waals surface area contributed by atoms with Crippen molar-refractivity contribution in [3.8, 4) is 0 Å². The van der Waals surface area contributed by atoms with E-state index in [1.807, 2.05) is 19.9 Å². The largest absolute Gasteiger partial charge is 0.378 e. The van der Waals surface area contributed by atoms with E-state index in [9.17, 15) is 4.79 Å². The molecule has 0 bridgehead atoms. The molecule has 2 heteroatoms. The molecule has 0 aromatic rings. The molecule has 0 aromatic heterocycles. The van der Waals surface area contributed by atoms with Gasteiger partial charge in [0.05, 0.1) is 12.7 Å². The molecule has 0 heterocycles. The molecule has 0 atom stereocenters. The van der Waals surface area contributed by atoms with Crippen LogP contribution in [-0.2, 0) is 9.53 Å². The van der Waals surface area contributed by atoms with Crippen LogP contribution in [0.15, 0.2) is 23.8 Å². The number of hydrogen-bond acceptors (Lipinski definition) is 2. The number of rotatable bonds is 8. The van der Waals surface area contributed by atoms with Gasteiger partial charge in [-0.25, -0.2) is 0 Å². The molecule has 16 heavy (non-hydrogen) atoms. The monoisotopic (exact) mass is 224 g/mol. The Bertz CT molecular complexity index is 249. The van der Waals surface area contributed by atoms with Gasteiger partial charge >= 0.3 is 0 Å². The van der Waals surface area contributed by atoms with Gasteiger partial charge in [0.15, 0.2) is 5.78 Å². The lowest BCUT2D eigenvalue weighted by molar-refractivity contribution is -0.112. The number of ketones is 1. The molecule has 0 spiro atoms. The predicted octanol–water partition coefficient (Wildman–Crippen LogP) is 3.67. The van der Waals surface area contributed by atoms with Crippen molar-refractivity contribution in [1.82, 2.24) is 0 Å². The molecule has 0 rings (SSSR count). The molecule has 0 amide bonds. The van der Waals surface area contributed by atoms with Crippen LogP contribution in [0, 0.1) is 0 Å². The highest BCUT2D eigenvalue weighted by Crippen LogP contribution is 2.05. The van der Waals surface area contributed by atoms with Gasteiger partial charge in [-0.05, 0) is 53.0 Å². The maximum atomic E-state index is 10.6. The number of allylic oxidation sites excluding steroid dienone is 3. The van der Waals surface area contributed by atoms with Crippen molar-refractivity contribution in [3.63, 3.8) is 0 Å². The van der Waals surface area contributed by atoms with Crippen molar-refractivity contribution in [3.05, 3.63) is 23.8 Å². The Morgan fingerprint density at radius 1 is 1.25 bits per heavy atom. The summed E-state index contributed by atoms with van der Waals surface area (Å²) in [5.41, 5.74) is 1.36. The van der Waals surface area contributed by atoms with Crippen LogP contribution in [-0.4, -0.2) is 18.5 Å². The van der Waals surface area contributed by atoms with Gasteiger partial charge < -0.3 is 4.74 Å². The van der Waals surface area contributed by atoms with Gasteiger partial charge in [-0.2, -0.15) is 0 Å². The summed E-state index contributed by atoms with van der Waals surface area (Å²) >= 11 is 0. The standard InChI is InChI=1S/C14H24O2/c1-12(2)16-11-10-13(3)8-6-5-7-9-14(4)15/h7-9,12H,5-6,10-11H2,1-4H3/b9-7+,13-8+. The number of carbonyl (C=O) groups is 1. The Balaban J connectivity index is 3.58. The molecule has 0 fully saturated rings. The second-order valence-corrected chi connectivity index (χ2v) is 4.31. The van der Waals surface area contributed by atoms with Crippen LogP contribution >= 0.6 is 0 Å². The third-order valence-electron chi connectivity index (χ3n) is 2.13. The molecule has 0 unspecified atom stereocenters. The van der Waals surface area contributed by atoms with E-state index >= 15 is 0 Å². The van der Waals surface area contributed by atoms with Crippen LogP contribution in [0.3, 0.4) is 0 Å². The zero-order chi connectivity index (χ0) is 12.4. The van der Waals surface area contributed by atoms with Crippen molar-refractivity contribution >= 4 is 5.78 Å². The minimum Gasteiger partial charge on any atom is -0.378 e. The quantitative estimate of drug-likeness (QED) is 0.357. The van der Waals surface area contributed by atoms with Crippen molar-refractivity contribution in [2.45, 2.75) is 53.1 Å². The summed E-state index contributed by atoms with van der Waals surface area (Å²) in [6.07, 6.45) is 9.01. The summed E-state index contributed by atoms with van der Waals surface area (Å²) in [5, 5.41) is 0. The highest BCUT2D eigenvalue weighted by atomic mass is 16.5. The van der Waals surface area contributed by atoms with Gasteiger partial charge in [0.1, 0.15) is 0 Å². The normalized spacial score (nSPS) is 12.7. The van der Waals surface area contributed by atoms with Crippen LogP contribution in [0.2, 0.25) is 0 Å². The predicted molar refractivity (Wildman–Crippen MR) is 68.5 cm³/mol. The smallest absolute Gasteiger partial charge is 0.152 e. The summed E-state index contributed by atoms with van der Waals surface area (Å²) < 4.78 is 5.47. The lowest BCUT2D eigenvalue weighted by Gasteiger charge is -2.07.